The lowest BCUT2D eigenvalue weighted by Crippen LogP contribution is -2.13. The van der Waals surface area contributed by atoms with Crippen molar-refractivity contribution in [1.29, 1.82) is 0 Å². The summed E-state index contributed by atoms with van der Waals surface area (Å²) in [5, 5.41) is 8.91. The molecule has 5 rings (SSSR count). The molecule has 138 valence electrons. The van der Waals surface area contributed by atoms with E-state index in [2.05, 4.69) is 32.5 Å². The highest BCUT2D eigenvalue weighted by molar-refractivity contribution is 6.09. The number of nitrogens with zero attached hydrogens (tertiary/aromatic N) is 4. The van der Waals surface area contributed by atoms with Gasteiger partial charge in [0.25, 0.3) is 0 Å². The number of anilines is 1. The number of benzene rings is 2. The first-order valence-electron chi connectivity index (χ1n) is 9.17. The minimum absolute atomic E-state index is 0.492. The Balaban J connectivity index is 1.39. The van der Waals surface area contributed by atoms with Gasteiger partial charge in [-0.15, -0.1) is 5.10 Å². The number of hydrogen-bond acceptors (Lipinski definition) is 5. The van der Waals surface area contributed by atoms with Crippen LogP contribution in [0.15, 0.2) is 71.9 Å². The van der Waals surface area contributed by atoms with Crippen molar-refractivity contribution in [2.24, 2.45) is 12.0 Å². The van der Waals surface area contributed by atoms with Gasteiger partial charge in [0.2, 0.25) is 5.88 Å². The van der Waals surface area contributed by atoms with Gasteiger partial charge < -0.3 is 10.1 Å². The zero-order chi connectivity index (χ0) is 18.9. The van der Waals surface area contributed by atoms with E-state index in [9.17, 15) is 0 Å². The molecular weight excluding hydrogens is 350 g/mol. The Morgan fingerprint density at radius 1 is 1.07 bits per heavy atom. The van der Waals surface area contributed by atoms with Crippen LogP contribution in [0.5, 0.6) is 5.88 Å². The number of nitrogens with one attached hydrogen (secondary N) is 1. The van der Waals surface area contributed by atoms with Gasteiger partial charge in [0, 0.05) is 24.5 Å². The molecule has 1 aliphatic rings. The minimum Gasteiger partial charge on any atom is -0.471 e. The Bertz CT molecular complexity index is 1180. The Hall–Kier alpha value is -3.67. The molecular formula is C22H19N5O. The van der Waals surface area contributed by atoms with Gasteiger partial charge in [0.1, 0.15) is 12.3 Å². The molecule has 0 saturated carbocycles. The standard InChI is InChI=1S/C22H19N5O/c1-27-19-12-17(25-21-20-16(13-24-21)8-5-11-23-20)9-10-18(19)22(26-27)28-14-15-6-3-2-4-7-15/h2-12H,13-14H2,1H3,(H,24,25). The van der Waals surface area contributed by atoms with Crippen molar-refractivity contribution in [1.82, 2.24) is 14.8 Å². The molecule has 28 heavy (non-hydrogen) atoms. The van der Waals surface area contributed by atoms with Crippen LogP contribution in [-0.2, 0) is 20.2 Å². The summed E-state index contributed by atoms with van der Waals surface area (Å²) in [6, 6.07) is 20.2. The van der Waals surface area contributed by atoms with Gasteiger partial charge in [-0.25, -0.2) is 0 Å². The molecule has 1 aliphatic heterocycles. The number of amidine groups is 1. The smallest absolute Gasteiger partial charge is 0.241 e. The molecule has 0 fully saturated rings. The third-order valence-corrected chi connectivity index (χ3v) is 4.82. The Labute approximate surface area is 162 Å². The fourth-order valence-electron chi connectivity index (χ4n) is 3.39. The van der Waals surface area contributed by atoms with E-state index in [1.807, 2.05) is 60.3 Å². The first-order chi connectivity index (χ1) is 13.8. The van der Waals surface area contributed by atoms with Crippen LogP contribution in [-0.4, -0.2) is 20.6 Å². The van der Waals surface area contributed by atoms with Crippen LogP contribution in [0.3, 0.4) is 0 Å². The molecule has 2 aromatic carbocycles. The second-order valence-corrected chi connectivity index (χ2v) is 6.74. The maximum Gasteiger partial charge on any atom is 0.241 e. The Morgan fingerprint density at radius 3 is 2.86 bits per heavy atom. The van der Waals surface area contributed by atoms with E-state index in [0.717, 1.165) is 39.2 Å². The molecule has 6 nitrogen and oxygen atoms in total. The average molecular weight is 369 g/mol. The van der Waals surface area contributed by atoms with E-state index >= 15 is 0 Å². The topological polar surface area (TPSA) is 64.3 Å². The maximum atomic E-state index is 5.96. The number of aromatic nitrogens is 3. The summed E-state index contributed by atoms with van der Waals surface area (Å²) in [5.74, 6) is 1.44. The van der Waals surface area contributed by atoms with Crippen molar-refractivity contribution >= 4 is 22.4 Å². The van der Waals surface area contributed by atoms with E-state index in [0.29, 0.717) is 19.0 Å². The molecule has 0 radical (unpaired) electrons. The second kappa shape index (κ2) is 6.81. The highest BCUT2D eigenvalue weighted by Crippen LogP contribution is 2.28. The molecule has 0 bridgehead atoms. The summed E-state index contributed by atoms with van der Waals surface area (Å²) in [4.78, 5) is 9.01. The summed E-state index contributed by atoms with van der Waals surface area (Å²) < 4.78 is 7.80. The van der Waals surface area contributed by atoms with E-state index in [1.165, 1.54) is 0 Å². The van der Waals surface area contributed by atoms with Gasteiger partial charge in [-0.3, -0.25) is 14.7 Å². The molecule has 0 spiro atoms. The zero-order valence-electron chi connectivity index (χ0n) is 15.5. The predicted molar refractivity (Wildman–Crippen MR) is 110 cm³/mol. The summed E-state index contributed by atoms with van der Waals surface area (Å²) in [7, 11) is 1.92. The highest BCUT2D eigenvalue weighted by atomic mass is 16.5. The van der Waals surface area contributed by atoms with Crippen LogP contribution < -0.4 is 10.1 Å². The van der Waals surface area contributed by atoms with Crippen LogP contribution >= 0.6 is 0 Å². The molecule has 6 heteroatoms. The molecule has 0 saturated heterocycles. The molecule has 4 aromatic rings. The normalized spacial score (nSPS) is 12.7. The minimum atomic E-state index is 0.492. The molecule has 1 N–H and O–H groups in total. The zero-order valence-corrected chi connectivity index (χ0v) is 15.5. The van der Waals surface area contributed by atoms with Gasteiger partial charge in [-0.1, -0.05) is 36.4 Å². The number of ether oxygens (including phenoxy) is 1. The van der Waals surface area contributed by atoms with Crippen molar-refractivity contribution in [3.63, 3.8) is 0 Å². The maximum absolute atomic E-state index is 5.96. The van der Waals surface area contributed by atoms with Crippen molar-refractivity contribution in [3.8, 4) is 5.88 Å². The fourth-order valence-corrected chi connectivity index (χ4v) is 3.39. The lowest BCUT2D eigenvalue weighted by molar-refractivity contribution is 0.294. The monoisotopic (exact) mass is 369 g/mol. The average Bonchev–Trinajstić information content (AvgIpc) is 3.28. The van der Waals surface area contributed by atoms with Crippen molar-refractivity contribution in [2.75, 3.05) is 5.32 Å². The van der Waals surface area contributed by atoms with E-state index in [-0.39, 0.29) is 0 Å². The van der Waals surface area contributed by atoms with Crippen LogP contribution in [0.4, 0.5) is 5.69 Å². The summed E-state index contributed by atoms with van der Waals surface area (Å²) in [6.45, 7) is 1.16. The van der Waals surface area contributed by atoms with Crippen molar-refractivity contribution in [3.05, 3.63) is 83.7 Å². The summed E-state index contributed by atoms with van der Waals surface area (Å²) >= 11 is 0. The van der Waals surface area contributed by atoms with Gasteiger partial charge >= 0.3 is 0 Å². The van der Waals surface area contributed by atoms with Crippen LogP contribution in [0.2, 0.25) is 0 Å². The van der Waals surface area contributed by atoms with Gasteiger partial charge in [-0.05, 0) is 29.8 Å². The molecule has 0 aliphatic carbocycles. The molecule has 0 atom stereocenters. The molecule has 3 heterocycles. The van der Waals surface area contributed by atoms with E-state index < -0.39 is 0 Å². The fraction of sp³-hybridized carbons (Fsp3) is 0.136. The number of hydrogen-bond donors (Lipinski definition) is 1. The van der Waals surface area contributed by atoms with Gasteiger partial charge in [0.05, 0.1) is 17.4 Å². The number of fused-ring (bicyclic) bond motifs is 2. The largest absolute Gasteiger partial charge is 0.471 e. The SMILES string of the molecule is Cn1nc(OCc2ccccc2)c2ccc(NC3=NCc4cccnc43)cc21. The lowest BCUT2D eigenvalue weighted by atomic mass is 10.2. The lowest BCUT2D eigenvalue weighted by Gasteiger charge is -2.07. The number of rotatable bonds is 4. The third kappa shape index (κ3) is 2.99. The summed E-state index contributed by atoms with van der Waals surface area (Å²) in [5.41, 5.74) is 5.11. The summed E-state index contributed by atoms with van der Waals surface area (Å²) in [6.07, 6.45) is 1.79. The Morgan fingerprint density at radius 2 is 1.96 bits per heavy atom. The van der Waals surface area contributed by atoms with E-state index in [4.69, 9.17) is 4.74 Å². The quantitative estimate of drug-likeness (QED) is 0.592. The number of pyridine rings is 1. The highest BCUT2D eigenvalue weighted by Gasteiger charge is 2.17. The van der Waals surface area contributed by atoms with Gasteiger partial charge in [0.15, 0.2) is 5.84 Å². The van der Waals surface area contributed by atoms with E-state index in [1.54, 1.807) is 6.20 Å². The molecule has 0 unspecified atom stereocenters. The Kier molecular flexibility index (Phi) is 4.01. The van der Waals surface area contributed by atoms with Gasteiger partial charge in [-0.2, -0.15) is 0 Å². The number of aliphatic imine (C=N–C) groups is 1. The molecule has 0 amide bonds. The third-order valence-electron chi connectivity index (χ3n) is 4.82. The van der Waals surface area contributed by atoms with Crippen LogP contribution in [0.25, 0.3) is 10.9 Å². The van der Waals surface area contributed by atoms with Crippen molar-refractivity contribution < 1.29 is 4.74 Å². The van der Waals surface area contributed by atoms with Crippen LogP contribution in [0.1, 0.15) is 16.8 Å². The van der Waals surface area contributed by atoms with Crippen LogP contribution in [0, 0.1) is 0 Å². The number of aryl methyl sites for hydroxylation is 1. The molecule has 2 aromatic heterocycles. The predicted octanol–water partition coefficient (Wildman–Crippen LogP) is 3.92. The first kappa shape index (κ1) is 16.5. The first-order valence-corrected chi connectivity index (χ1v) is 9.17. The van der Waals surface area contributed by atoms with Crippen molar-refractivity contribution in [2.45, 2.75) is 13.2 Å². The second-order valence-electron chi connectivity index (χ2n) is 6.74.